The summed E-state index contributed by atoms with van der Waals surface area (Å²) in [5.74, 6) is 7.87. The number of hydrazine groups is 1. The smallest absolute Gasteiger partial charge is 0.159 e. The van der Waals surface area contributed by atoms with Crippen molar-refractivity contribution < 1.29 is 0 Å². The minimum absolute atomic E-state index is 0.646. The first-order chi connectivity index (χ1) is 7.79. The Hall–Kier alpha value is -0.880. The molecule has 1 saturated carbocycles. The highest BCUT2D eigenvalue weighted by Crippen LogP contribution is 2.42. The molecule has 86 valence electrons. The van der Waals surface area contributed by atoms with Crippen molar-refractivity contribution in [3.63, 3.8) is 0 Å². The topological polar surface area (TPSA) is 67.1 Å². The van der Waals surface area contributed by atoms with Crippen LogP contribution in [0.3, 0.4) is 0 Å². The van der Waals surface area contributed by atoms with Gasteiger partial charge in [-0.1, -0.05) is 0 Å². The van der Waals surface area contributed by atoms with E-state index >= 15 is 0 Å². The van der Waals surface area contributed by atoms with E-state index in [2.05, 4.69) is 36.2 Å². The fraction of sp³-hybridized carbons (Fsp3) is 0.600. The minimum Gasteiger partial charge on any atom is -0.352 e. The van der Waals surface area contributed by atoms with E-state index in [1.54, 1.807) is 6.33 Å². The number of nitrogens with two attached hydrogens (primary N) is 1. The molecule has 2 aliphatic rings. The van der Waals surface area contributed by atoms with Crippen molar-refractivity contribution in [2.45, 2.75) is 25.3 Å². The van der Waals surface area contributed by atoms with Crippen LogP contribution in [0.4, 0.5) is 11.6 Å². The van der Waals surface area contributed by atoms with Gasteiger partial charge in [0.05, 0.1) is 0 Å². The molecule has 0 amide bonds. The van der Waals surface area contributed by atoms with Crippen molar-refractivity contribution in [1.29, 1.82) is 0 Å². The van der Waals surface area contributed by atoms with Crippen molar-refractivity contribution in [2.24, 2.45) is 11.8 Å². The fourth-order valence-electron chi connectivity index (χ4n) is 2.85. The van der Waals surface area contributed by atoms with Gasteiger partial charge in [0.15, 0.2) is 5.82 Å². The second-order valence-electron chi connectivity index (χ2n) is 4.49. The summed E-state index contributed by atoms with van der Waals surface area (Å²) in [6.45, 7) is 1.12. The Kier molecular flexibility index (Phi) is 2.48. The molecule has 3 N–H and O–H groups in total. The molecule has 1 aromatic heterocycles. The molecule has 16 heavy (non-hydrogen) atoms. The van der Waals surface area contributed by atoms with Crippen molar-refractivity contribution >= 4 is 27.6 Å². The van der Waals surface area contributed by atoms with Crippen LogP contribution in [0.1, 0.15) is 19.3 Å². The summed E-state index contributed by atoms with van der Waals surface area (Å²) >= 11 is 3.51. The standard InChI is InChI=1S/C10H14BrN5/c11-8-9(15-12)13-5-14-10(8)16-4-6-1-2-7(16)3-6/h5-7H,1-4,12H2,(H,13,14,15). The maximum Gasteiger partial charge on any atom is 0.159 e. The lowest BCUT2D eigenvalue weighted by atomic mass is 10.1. The average molecular weight is 284 g/mol. The van der Waals surface area contributed by atoms with Gasteiger partial charge < -0.3 is 10.3 Å². The van der Waals surface area contributed by atoms with Gasteiger partial charge in [-0.25, -0.2) is 15.8 Å². The van der Waals surface area contributed by atoms with Crippen LogP contribution in [0.5, 0.6) is 0 Å². The molecule has 2 fully saturated rings. The predicted molar refractivity (Wildman–Crippen MR) is 66.0 cm³/mol. The first kappa shape index (κ1) is 10.3. The molecule has 1 aliphatic heterocycles. The monoisotopic (exact) mass is 283 g/mol. The van der Waals surface area contributed by atoms with E-state index in [1.807, 2.05) is 0 Å². The number of fused-ring (bicyclic) bond motifs is 2. The lowest BCUT2D eigenvalue weighted by Crippen LogP contribution is -2.33. The van der Waals surface area contributed by atoms with Gasteiger partial charge in [-0.3, -0.25) is 0 Å². The van der Waals surface area contributed by atoms with E-state index in [-0.39, 0.29) is 0 Å². The summed E-state index contributed by atoms with van der Waals surface area (Å²) in [4.78, 5) is 10.8. The Labute approximate surface area is 103 Å². The highest BCUT2D eigenvalue weighted by Gasteiger charge is 2.39. The van der Waals surface area contributed by atoms with Gasteiger partial charge in [-0.05, 0) is 41.1 Å². The van der Waals surface area contributed by atoms with E-state index in [0.717, 1.165) is 22.8 Å². The third-order valence-corrected chi connectivity index (χ3v) is 4.32. The van der Waals surface area contributed by atoms with Crippen molar-refractivity contribution in [2.75, 3.05) is 16.9 Å². The number of nitrogens with one attached hydrogen (secondary N) is 1. The maximum absolute atomic E-state index is 5.41. The van der Waals surface area contributed by atoms with Gasteiger partial charge >= 0.3 is 0 Å². The zero-order valence-electron chi connectivity index (χ0n) is 8.86. The third kappa shape index (κ3) is 1.48. The largest absolute Gasteiger partial charge is 0.352 e. The molecule has 1 saturated heterocycles. The van der Waals surface area contributed by atoms with Crippen LogP contribution in [0.2, 0.25) is 0 Å². The summed E-state index contributed by atoms with van der Waals surface area (Å²) < 4.78 is 0.866. The lowest BCUT2D eigenvalue weighted by molar-refractivity contribution is 0.549. The molecule has 3 rings (SSSR count). The first-order valence-electron chi connectivity index (χ1n) is 5.53. The van der Waals surface area contributed by atoms with Gasteiger partial charge in [0.2, 0.25) is 0 Å². The Balaban J connectivity index is 1.95. The van der Waals surface area contributed by atoms with Gasteiger partial charge in [-0.15, -0.1) is 0 Å². The van der Waals surface area contributed by atoms with Crippen LogP contribution < -0.4 is 16.2 Å². The van der Waals surface area contributed by atoms with Crippen molar-refractivity contribution in [3.05, 3.63) is 10.8 Å². The second kappa shape index (κ2) is 3.85. The van der Waals surface area contributed by atoms with Crippen LogP contribution in [0.25, 0.3) is 0 Å². The molecule has 1 aliphatic carbocycles. The molecule has 6 heteroatoms. The predicted octanol–water partition coefficient (Wildman–Crippen LogP) is 1.51. The van der Waals surface area contributed by atoms with E-state index in [1.165, 1.54) is 19.3 Å². The maximum atomic E-state index is 5.41. The normalized spacial score (nSPS) is 27.5. The molecule has 0 radical (unpaired) electrons. The number of nitrogen functional groups attached to an aromatic ring is 1. The summed E-state index contributed by atoms with van der Waals surface area (Å²) in [5.41, 5.74) is 2.58. The molecule has 0 spiro atoms. The third-order valence-electron chi connectivity index (χ3n) is 3.59. The molecule has 0 aromatic carbocycles. The number of halogens is 1. The van der Waals surface area contributed by atoms with Crippen LogP contribution >= 0.6 is 15.9 Å². The Bertz CT molecular complexity index is 410. The number of rotatable bonds is 2. The number of nitrogens with zero attached hydrogens (tertiary/aromatic N) is 3. The number of hydrogen-bond donors (Lipinski definition) is 2. The van der Waals surface area contributed by atoms with Gasteiger partial charge in [0.25, 0.3) is 0 Å². The van der Waals surface area contributed by atoms with Crippen LogP contribution in [-0.2, 0) is 0 Å². The first-order valence-corrected chi connectivity index (χ1v) is 6.32. The molecule has 5 nitrogen and oxygen atoms in total. The number of hydrogen-bond acceptors (Lipinski definition) is 5. The SMILES string of the molecule is NNc1ncnc(N2CC3CCC2C3)c1Br. The minimum atomic E-state index is 0.646. The van der Waals surface area contributed by atoms with Crippen LogP contribution in [0, 0.1) is 5.92 Å². The van der Waals surface area contributed by atoms with Gasteiger partial charge in [0.1, 0.15) is 16.6 Å². The molecule has 2 atom stereocenters. The molecular formula is C10H14BrN5. The Morgan fingerprint density at radius 3 is 2.94 bits per heavy atom. The van der Waals surface area contributed by atoms with Crippen molar-refractivity contribution in [3.8, 4) is 0 Å². The van der Waals surface area contributed by atoms with Gasteiger partial charge in [-0.2, -0.15) is 0 Å². The molecule has 2 heterocycles. The number of piperidine rings is 1. The molecular weight excluding hydrogens is 270 g/mol. The summed E-state index contributed by atoms with van der Waals surface area (Å²) in [5, 5.41) is 0. The average Bonchev–Trinajstić information content (AvgIpc) is 2.91. The van der Waals surface area contributed by atoms with Crippen molar-refractivity contribution in [1.82, 2.24) is 9.97 Å². The van der Waals surface area contributed by atoms with Gasteiger partial charge in [0, 0.05) is 12.6 Å². The highest BCUT2D eigenvalue weighted by molar-refractivity contribution is 9.10. The summed E-state index contributed by atoms with van der Waals surface area (Å²) in [7, 11) is 0. The van der Waals surface area contributed by atoms with E-state index < -0.39 is 0 Å². The number of aromatic nitrogens is 2. The van der Waals surface area contributed by atoms with Crippen LogP contribution in [0.15, 0.2) is 10.8 Å². The highest BCUT2D eigenvalue weighted by atomic mass is 79.9. The van der Waals surface area contributed by atoms with E-state index in [9.17, 15) is 0 Å². The second-order valence-corrected chi connectivity index (χ2v) is 5.28. The Morgan fingerprint density at radius 1 is 1.44 bits per heavy atom. The number of anilines is 2. The summed E-state index contributed by atoms with van der Waals surface area (Å²) in [6.07, 6.45) is 5.52. The summed E-state index contributed by atoms with van der Waals surface area (Å²) in [6, 6.07) is 0.654. The van der Waals surface area contributed by atoms with Crippen LogP contribution in [-0.4, -0.2) is 22.6 Å². The zero-order valence-corrected chi connectivity index (χ0v) is 10.4. The lowest BCUT2D eigenvalue weighted by Gasteiger charge is -2.28. The van der Waals surface area contributed by atoms with E-state index in [4.69, 9.17) is 5.84 Å². The quantitative estimate of drug-likeness (QED) is 0.636. The Morgan fingerprint density at radius 2 is 2.31 bits per heavy atom. The zero-order chi connectivity index (χ0) is 11.1. The molecule has 2 bridgehead atoms. The fourth-order valence-corrected chi connectivity index (χ4v) is 3.39. The van der Waals surface area contributed by atoms with E-state index in [0.29, 0.717) is 11.9 Å². The molecule has 1 aromatic rings. The molecule has 2 unspecified atom stereocenters.